The number of esters is 1. The lowest BCUT2D eigenvalue weighted by Gasteiger charge is -2.18. The fourth-order valence-electron chi connectivity index (χ4n) is 3.50. The number of aliphatic hydroxyl groups is 1. The van der Waals surface area contributed by atoms with Gasteiger partial charge in [0.05, 0.1) is 35.3 Å². The predicted octanol–water partition coefficient (Wildman–Crippen LogP) is 4.68. The first-order chi connectivity index (χ1) is 14.6. The second-order valence-electron chi connectivity index (χ2n) is 7.25. The Morgan fingerprint density at radius 3 is 2.70 bits per heavy atom. The number of H-pyrrole nitrogens is 1. The standard InChI is InChI=1S/C23H24N4O3/c1-2-3-6-13-30-23(29)15-9-11-16(12-10-15)27-14-19(28)20(21(27)24)22-25-17-7-4-5-8-18(17)26-22/h4-5,7-12,24,28H,2-3,6,13-14H2,1H3,(H,25,26). The highest BCUT2D eigenvalue weighted by molar-refractivity contribution is 6.30. The molecule has 154 valence electrons. The van der Waals surface area contributed by atoms with Gasteiger partial charge in [-0.2, -0.15) is 0 Å². The Morgan fingerprint density at radius 1 is 1.20 bits per heavy atom. The molecule has 4 rings (SSSR count). The van der Waals surface area contributed by atoms with Crippen LogP contribution in [0.1, 0.15) is 42.4 Å². The Balaban J connectivity index is 1.48. The van der Waals surface area contributed by atoms with Gasteiger partial charge in [0.25, 0.3) is 0 Å². The summed E-state index contributed by atoms with van der Waals surface area (Å²) in [5, 5.41) is 19.1. The number of nitrogens with zero attached hydrogens (tertiary/aromatic N) is 2. The molecule has 0 saturated carbocycles. The van der Waals surface area contributed by atoms with Crippen LogP contribution in [0.15, 0.2) is 54.3 Å². The lowest BCUT2D eigenvalue weighted by molar-refractivity contribution is 0.0498. The van der Waals surface area contributed by atoms with Gasteiger partial charge in [0.1, 0.15) is 17.4 Å². The highest BCUT2D eigenvalue weighted by atomic mass is 16.5. The molecule has 3 aromatic rings. The summed E-state index contributed by atoms with van der Waals surface area (Å²) in [6.45, 7) is 2.69. The van der Waals surface area contributed by atoms with E-state index in [0.717, 1.165) is 30.3 Å². The topological polar surface area (TPSA) is 102 Å². The maximum Gasteiger partial charge on any atom is 0.338 e. The number of imidazole rings is 1. The molecule has 0 unspecified atom stereocenters. The summed E-state index contributed by atoms with van der Waals surface area (Å²) in [4.78, 5) is 21.5. The molecule has 0 bridgehead atoms. The number of fused-ring (bicyclic) bond motifs is 1. The lowest BCUT2D eigenvalue weighted by Crippen LogP contribution is -2.26. The third-order valence-corrected chi connectivity index (χ3v) is 5.13. The Hall–Kier alpha value is -3.61. The molecule has 0 radical (unpaired) electrons. The van der Waals surface area contributed by atoms with E-state index in [9.17, 15) is 9.90 Å². The van der Waals surface area contributed by atoms with Gasteiger partial charge in [-0.1, -0.05) is 31.9 Å². The number of amidine groups is 1. The van der Waals surface area contributed by atoms with Crippen LogP contribution >= 0.6 is 0 Å². The van der Waals surface area contributed by atoms with Gasteiger partial charge >= 0.3 is 5.97 Å². The number of aromatic nitrogens is 2. The highest BCUT2D eigenvalue weighted by Gasteiger charge is 2.31. The van der Waals surface area contributed by atoms with Crippen molar-refractivity contribution < 1.29 is 14.6 Å². The van der Waals surface area contributed by atoms with Crippen molar-refractivity contribution in [3.05, 3.63) is 65.7 Å². The van der Waals surface area contributed by atoms with E-state index >= 15 is 0 Å². The SMILES string of the molecule is CCCCCOC(=O)c1ccc(N2CC(O)=C(c3nc4ccccc4[nH]3)C2=N)cc1. The van der Waals surface area contributed by atoms with Crippen LogP contribution in [0.5, 0.6) is 0 Å². The summed E-state index contributed by atoms with van der Waals surface area (Å²) in [5.41, 5.74) is 3.18. The minimum Gasteiger partial charge on any atom is -0.509 e. The average Bonchev–Trinajstić information content (AvgIpc) is 3.31. The van der Waals surface area contributed by atoms with E-state index < -0.39 is 0 Å². The zero-order chi connectivity index (χ0) is 21.1. The first-order valence-electron chi connectivity index (χ1n) is 10.1. The van der Waals surface area contributed by atoms with Crippen LogP contribution in [0.25, 0.3) is 16.6 Å². The van der Waals surface area contributed by atoms with Crippen LogP contribution < -0.4 is 4.90 Å². The van der Waals surface area contributed by atoms with Crippen LogP contribution in [-0.2, 0) is 4.74 Å². The van der Waals surface area contributed by atoms with E-state index in [4.69, 9.17) is 10.1 Å². The van der Waals surface area contributed by atoms with Crippen molar-refractivity contribution in [2.45, 2.75) is 26.2 Å². The Morgan fingerprint density at radius 2 is 1.97 bits per heavy atom. The number of carbonyl (C=O) groups excluding carboxylic acids is 1. The molecule has 7 nitrogen and oxygen atoms in total. The fourth-order valence-corrected chi connectivity index (χ4v) is 3.50. The first kappa shape index (κ1) is 19.7. The first-order valence-corrected chi connectivity index (χ1v) is 10.1. The molecule has 0 fully saturated rings. The minimum atomic E-state index is -0.349. The van der Waals surface area contributed by atoms with Crippen molar-refractivity contribution in [1.82, 2.24) is 9.97 Å². The summed E-state index contributed by atoms with van der Waals surface area (Å²) >= 11 is 0. The summed E-state index contributed by atoms with van der Waals surface area (Å²) in [5.74, 6) is 0.353. The maximum absolute atomic E-state index is 12.1. The van der Waals surface area contributed by atoms with E-state index in [0.29, 0.717) is 29.3 Å². The molecule has 2 heterocycles. The number of hydrogen-bond acceptors (Lipinski definition) is 5. The number of anilines is 1. The Labute approximate surface area is 174 Å². The number of rotatable bonds is 7. The normalized spacial score (nSPS) is 14.0. The number of ether oxygens (including phenoxy) is 1. The van der Waals surface area contributed by atoms with Crippen molar-refractivity contribution in [2.24, 2.45) is 0 Å². The number of carbonyl (C=O) groups is 1. The molecule has 1 aliphatic rings. The minimum absolute atomic E-state index is 0.0819. The smallest absolute Gasteiger partial charge is 0.338 e. The molecular formula is C23H24N4O3. The van der Waals surface area contributed by atoms with Gasteiger partial charge < -0.3 is 19.7 Å². The van der Waals surface area contributed by atoms with E-state index in [1.165, 1.54) is 0 Å². The molecule has 1 aromatic heterocycles. The van der Waals surface area contributed by atoms with Crippen molar-refractivity contribution in [2.75, 3.05) is 18.1 Å². The molecule has 0 spiro atoms. The fraction of sp³-hybridized carbons (Fsp3) is 0.261. The number of benzene rings is 2. The molecule has 1 aliphatic heterocycles. The van der Waals surface area contributed by atoms with E-state index in [1.54, 1.807) is 29.2 Å². The lowest BCUT2D eigenvalue weighted by atomic mass is 10.2. The third kappa shape index (κ3) is 3.78. The molecule has 0 aliphatic carbocycles. The zero-order valence-electron chi connectivity index (χ0n) is 16.8. The third-order valence-electron chi connectivity index (χ3n) is 5.13. The van der Waals surface area contributed by atoms with Gasteiger partial charge in [0, 0.05) is 5.69 Å². The number of aromatic amines is 1. The van der Waals surface area contributed by atoms with Gasteiger partial charge in [0.15, 0.2) is 0 Å². The van der Waals surface area contributed by atoms with Crippen LogP contribution in [0.3, 0.4) is 0 Å². The summed E-state index contributed by atoms with van der Waals surface area (Å²) in [7, 11) is 0. The van der Waals surface area contributed by atoms with Crippen LogP contribution in [-0.4, -0.2) is 40.0 Å². The van der Waals surface area contributed by atoms with Gasteiger partial charge in [-0.15, -0.1) is 0 Å². The van der Waals surface area contributed by atoms with Crippen molar-refractivity contribution in [3.8, 4) is 0 Å². The molecule has 0 atom stereocenters. The highest BCUT2D eigenvalue weighted by Crippen LogP contribution is 2.31. The molecule has 0 amide bonds. The molecule has 30 heavy (non-hydrogen) atoms. The van der Waals surface area contributed by atoms with Crippen molar-refractivity contribution >= 4 is 34.1 Å². The van der Waals surface area contributed by atoms with Crippen LogP contribution in [0, 0.1) is 5.41 Å². The van der Waals surface area contributed by atoms with Crippen molar-refractivity contribution in [3.63, 3.8) is 0 Å². The number of aliphatic hydroxyl groups excluding tert-OH is 1. The number of nitrogens with one attached hydrogen (secondary N) is 2. The van der Waals surface area contributed by atoms with Crippen LogP contribution in [0.2, 0.25) is 0 Å². The summed E-state index contributed by atoms with van der Waals surface area (Å²) < 4.78 is 5.28. The van der Waals surface area contributed by atoms with E-state index in [2.05, 4.69) is 16.9 Å². The van der Waals surface area contributed by atoms with Gasteiger partial charge in [-0.05, 0) is 42.8 Å². The predicted molar refractivity (Wildman–Crippen MR) is 117 cm³/mol. The maximum atomic E-state index is 12.1. The second kappa shape index (κ2) is 8.41. The Bertz CT molecular complexity index is 1080. The second-order valence-corrected chi connectivity index (χ2v) is 7.25. The number of para-hydroxylation sites is 2. The van der Waals surface area contributed by atoms with Gasteiger partial charge in [-0.3, -0.25) is 5.41 Å². The Kier molecular flexibility index (Phi) is 5.52. The number of unbranched alkanes of at least 4 members (excludes halogenated alkanes) is 2. The molecule has 0 saturated heterocycles. The van der Waals surface area contributed by atoms with Crippen LogP contribution in [0.4, 0.5) is 5.69 Å². The summed E-state index contributed by atoms with van der Waals surface area (Å²) in [6.07, 6.45) is 2.97. The van der Waals surface area contributed by atoms with E-state index in [1.807, 2.05) is 24.3 Å². The van der Waals surface area contributed by atoms with Crippen molar-refractivity contribution in [1.29, 1.82) is 5.41 Å². The van der Waals surface area contributed by atoms with Gasteiger partial charge in [-0.25, -0.2) is 9.78 Å². The molecule has 3 N–H and O–H groups in total. The zero-order valence-corrected chi connectivity index (χ0v) is 16.8. The molecule has 7 heteroatoms. The van der Waals surface area contributed by atoms with Gasteiger partial charge in [0.2, 0.25) is 0 Å². The van der Waals surface area contributed by atoms with E-state index in [-0.39, 0.29) is 24.1 Å². The quantitative estimate of drug-likeness (QED) is 0.392. The monoisotopic (exact) mass is 404 g/mol. The summed E-state index contributed by atoms with van der Waals surface area (Å²) in [6, 6.07) is 14.5. The number of hydrogen-bond donors (Lipinski definition) is 3. The molecule has 2 aromatic carbocycles. The average molecular weight is 404 g/mol. The largest absolute Gasteiger partial charge is 0.509 e. The molecular weight excluding hydrogens is 380 g/mol.